The Hall–Kier alpha value is -2.08. The first kappa shape index (κ1) is 15.3. The van der Waals surface area contributed by atoms with Crippen LogP contribution in [-0.2, 0) is 9.53 Å². The summed E-state index contributed by atoms with van der Waals surface area (Å²) in [5.41, 5.74) is 0.971. The summed E-state index contributed by atoms with van der Waals surface area (Å²) in [7, 11) is 0. The Morgan fingerprint density at radius 3 is 2.48 bits per heavy atom. The van der Waals surface area contributed by atoms with E-state index >= 15 is 0 Å². The van der Waals surface area contributed by atoms with Gasteiger partial charge in [0.1, 0.15) is 17.1 Å². The highest BCUT2D eigenvalue weighted by Gasteiger charge is 2.16. The van der Waals surface area contributed by atoms with E-state index in [-0.39, 0.29) is 6.61 Å². The number of rotatable bonds is 4. The Morgan fingerprint density at radius 2 is 1.90 bits per heavy atom. The van der Waals surface area contributed by atoms with Gasteiger partial charge < -0.3 is 14.5 Å². The predicted molar refractivity (Wildman–Crippen MR) is 81.2 cm³/mol. The van der Waals surface area contributed by atoms with Gasteiger partial charge in [-0.05, 0) is 44.2 Å². The van der Waals surface area contributed by atoms with Gasteiger partial charge in [-0.3, -0.25) is 4.79 Å². The molecule has 1 heterocycles. The number of aryl methyl sites for hydroxylation is 2. The van der Waals surface area contributed by atoms with Gasteiger partial charge in [0.2, 0.25) is 0 Å². The molecule has 110 valence electrons. The van der Waals surface area contributed by atoms with Gasteiger partial charge in [0.15, 0.2) is 6.61 Å². The summed E-state index contributed by atoms with van der Waals surface area (Å²) in [5.74, 6) is 0.128. The van der Waals surface area contributed by atoms with E-state index in [1.165, 1.54) is 0 Å². The van der Waals surface area contributed by atoms with E-state index in [4.69, 9.17) is 9.15 Å². The van der Waals surface area contributed by atoms with Crippen LogP contribution in [0.4, 0.5) is 5.69 Å². The number of hydrogen-bond acceptors (Lipinski definition) is 4. The normalized spacial score (nSPS) is 10.2. The van der Waals surface area contributed by atoms with Crippen LogP contribution < -0.4 is 5.32 Å². The summed E-state index contributed by atoms with van der Waals surface area (Å²) in [6, 6.07) is 8.68. The number of esters is 1. The van der Waals surface area contributed by atoms with Crippen molar-refractivity contribution in [2.75, 3.05) is 11.9 Å². The molecule has 0 radical (unpaired) electrons. The van der Waals surface area contributed by atoms with Crippen LogP contribution in [0.25, 0.3) is 0 Å². The summed E-state index contributed by atoms with van der Waals surface area (Å²) in [5, 5.41) is 2.64. The zero-order valence-corrected chi connectivity index (χ0v) is 13.2. The number of ether oxygens (including phenoxy) is 1. The van der Waals surface area contributed by atoms with Gasteiger partial charge in [0.25, 0.3) is 5.91 Å². The summed E-state index contributed by atoms with van der Waals surface area (Å²) < 4.78 is 11.1. The third-order valence-electron chi connectivity index (χ3n) is 2.72. The minimum absolute atomic E-state index is 0.337. The van der Waals surface area contributed by atoms with Gasteiger partial charge in [-0.25, -0.2) is 4.79 Å². The zero-order chi connectivity index (χ0) is 15.4. The van der Waals surface area contributed by atoms with Crippen LogP contribution in [0, 0.1) is 13.8 Å². The molecule has 6 heteroatoms. The number of carbonyl (C=O) groups is 2. The van der Waals surface area contributed by atoms with Gasteiger partial charge in [-0.2, -0.15) is 0 Å². The largest absolute Gasteiger partial charge is 0.466 e. The lowest BCUT2D eigenvalue weighted by Gasteiger charge is -2.06. The molecule has 0 atom stereocenters. The van der Waals surface area contributed by atoms with Crippen molar-refractivity contribution < 1.29 is 18.7 Å². The Kier molecular flexibility index (Phi) is 4.80. The standard InChI is InChI=1S/C15H14BrNO4/c1-9-7-13(10(2)21-9)15(19)20-8-14(18)17-12-5-3-11(16)4-6-12/h3-7H,8H2,1-2H3,(H,17,18). The molecule has 1 N–H and O–H groups in total. The van der Waals surface area contributed by atoms with E-state index in [9.17, 15) is 9.59 Å². The van der Waals surface area contributed by atoms with Gasteiger partial charge >= 0.3 is 5.97 Å². The molecule has 0 saturated heterocycles. The number of halogens is 1. The van der Waals surface area contributed by atoms with Crippen molar-refractivity contribution in [2.45, 2.75) is 13.8 Å². The third kappa shape index (κ3) is 4.19. The summed E-state index contributed by atoms with van der Waals surface area (Å²) >= 11 is 3.31. The maximum absolute atomic E-state index is 11.8. The highest BCUT2D eigenvalue weighted by Crippen LogP contribution is 2.15. The average molecular weight is 352 g/mol. The quantitative estimate of drug-likeness (QED) is 0.856. The van der Waals surface area contributed by atoms with Crippen LogP contribution >= 0.6 is 15.9 Å². The molecule has 2 aromatic rings. The van der Waals surface area contributed by atoms with Crippen molar-refractivity contribution in [1.29, 1.82) is 0 Å². The van der Waals surface area contributed by atoms with Gasteiger partial charge in [0, 0.05) is 10.2 Å². The molecule has 2 rings (SSSR count). The Morgan fingerprint density at radius 1 is 1.24 bits per heavy atom. The molecule has 5 nitrogen and oxygen atoms in total. The van der Waals surface area contributed by atoms with Crippen LogP contribution in [0.3, 0.4) is 0 Å². The molecule has 0 fully saturated rings. The van der Waals surface area contributed by atoms with E-state index in [1.54, 1.807) is 44.2 Å². The van der Waals surface area contributed by atoms with E-state index in [1.807, 2.05) is 0 Å². The lowest BCUT2D eigenvalue weighted by molar-refractivity contribution is -0.119. The zero-order valence-electron chi connectivity index (χ0n) is 11.6. The number of furan rings is 1. The summed E-state index contributed by atoms with van der Waals surface area (Å²) in [6.45, 7) is 3.06. The number of carbonyl (C=O) groups excluding carboxylic acids is 2. The van der Waals surface area contributed by atoms with Crippen LogP contribution in [0.1, 0.15) is 21.9 Å². The van der Waals surface area contributed by atoms with Crippen LogP contribution in [-0.4, -0.2) is 18.5 Å². The fraction of sp³-hybridized carbons (Fsp3) is 0.200. The second kappa shape index (κ2) is 6.58. The molecule has 0 aliphatic rings. The van der Waals surface area contributed by atoms with Crippen LogP contribution in [0.2, 0.25) is 0 Å². The highest BCUT2D eigenvalue weighted by molar-refractivity contribution is 9.10. The topological polar surface area (TPSA) is 68.5 Å². The van der Waals surface area contributed by atoms with Gasteiger partial charge in [0.05, 0.1) is 0 Å². The molecule has 0 spiro atoms. The first-order valence-electron chi connectivity index (χ1n) is 6.25. The van der Waals surface area contributed by atoms with E-state index in [0.717, 1.165) is 4.47 Å². The maximum atomic E-state index is 11.8. The number of anilines is 1. The van der Waals surface area contributed by atoms with Crippen LogP contribution in [0.15, 0.2) is 39.2 Å². The highest BCUT2D eigenvalue weighted by atomic mass is 79.9. The molecular weight excluding hydrogens is 338 g/mol. The summed E-state index contributed by atoms with van der Waals surface area (Å²) in [4.78, 5) is 23.5. The fourth-order valence-corrected chi connectivity index (χ4v) is 2.04. The SMILES string of the molecule is Cc1cc(C(=O)OCC(=O)Nc2ccc(Br)cc2)c(C)o1. The van der Waals surface area contributed by atoms with Crippen molar-refractivity contribution in [2.24, 2.45) is 0 Å². The van der Waals surface area contributed by atoms with Crippen molar-refractivity contribution >= 4 is 33.5 Å². The summed E-state index contributed by atoms with van der Waals surface area (Å²) in [6.07, 6.45) is 0. The second-order valence-electron chi connectivity index (χ2n) is 4.46. The number of amides is 1. The Labute approximate surface area is 130 Å². The minimum atomic E-state index is -0.574. The molecule has 1 amide bonds. The van der Waals surface area contributed by atoms with Gasteiger partial charge in [-0.1, -0.05) is 15.9 Å². The lowest BCUT2D eigenvalue weighted by atomic mass is 10.2. The van der Waals surface area contributed by atoms with Gasteiger partial charge in [-0.15, -0.1) is 0 Å². The average Bonchev–Trinajstić information content (AvgIpc) is 2.78. The molecule has 1 aromatic heterocycles. The molecule has 0 unspecified atom stereocenters. The molecule has 1 aromatic carbocycles. The number of benzene rings is 1. The lowest BCUT2D eigenvalue weighted by Crippen LogP contribution is -2.21. The minimum Gasteiger partial charge on any atom is -0.466 e. The Bertz CT molecular complexity index is 661. The van der Waals surface area contributed by atoms with E-state index < -0.39 is 11.9 Å². The number of nitrogens with one attached hydrogen (secondary N) is 1. The van der Waals surface area contributed by atoms with E-state index in [0.29, 0.717) is 22.8 Å². The van der Waals surface area contributed by atoms with E-state index in [2.05, 4.69) is 21.2 Å². The molecule has 0 aliphatic heterocycles. The smallest absolute Gasteiger partial charge is 0.342 e. The fourth-order valence-electron chi connectivity index (χ4n) is 1.77. The monoisotopic (exact) mass is 351 g/mol. The third-order valence-corrected chi connectivity index (χ3v) is 3.25. The first-order valence-corrected chi connectivity index (χ1v) is 7.04. The van der Waals surface area contributed by atoms with Crippen molar-refractivity contribution in [3.63, 3.8) is 0 Å². The van der Waals surface area contributed by atoms with Crippen molar-refractivity contribution in [1.82, 2.24) is 0 Å². The molecule has 0 saturated carbocycles. The van der Waals surface area contributed by atoms with Crippen molar-refractivity contribution in [3.05, 3.63) is 51.9 Å². The molecule has 21 heavy (non-hydrogen) atoms. The first-order chi connectivity index (χ1) is 9.95. The molecule has 0 bridgehead atoms. The molecular formula is C15H14BrNO4. The maximum Gasteiger partial charge on any atom is 0.342 e. The Balaban J connectivity index is 1.88. The molecule has 0 aliphatic carbocycles. The second-order valence-corrected chi connectivity index (χ2v) is 5.37. The number of hydrogen-bond donors (Lipinski definition) is 1. The predicted octanol–water partition coefficient (Wildman–Crippen LogP) is 3.45. The van der Waals surface area contributed by atoms with Crippen molar-refractivity contribution in [3.8, 4) is 0 Å². The van der Waals surface area contributed by atoms with Crippen LogP contribution in [0.5, 0.6) is 0 Å².